The van der Waals surface area contributed by atoms with E-state index < -0.39 is 5.97 Å². The number of aromatic hydroxyl groups is 1. The lowest BCUT2D eigenvalue weighted by molar-refractivity contribution is 0.0693. The van der Waals surface area contributed by atoms with E-state index in [2.05, 4.69) is 15.9 Å². The first-order valence-corrected chi connectivity index (χ1v) is 5.56. The standard InChI is InChI=1S/C11H11BrO3/c12-6-2-1-3-8-4-5-10(13)9(7-8)11(14)15/h1,3-5,7,13H,2,6H2,(H,14,15). The lowest BCUT2D eigenvalue weighted by Crippen LogP contribution is -1.96. The minimum atomic E-state index is -1.12. The zero-order valence-electron chi connectivity index (χ0n) is 7.98. The first-order valence-electron chi connectivity index (χ1n) is 4.44. The SMILES string of the molecule is O=C(O)c1cc(C=CCCBr)ccc1O. The van der Waals surface area contributed by atoms with Crippen molar-refractivity contribution in [1.29, 1.82) is 0 Å². The maximum atomic E-state index is 10.7. The van der Waals surface area contributed by atoms with Crippen molar-refractivity contribution in [3.8, 4) is 5.75 Å². The fourth-order valence-corrected chi connectivity index (χ4v) is 1.38. The van der Waals surface area contributed by atoms with Crippen LogP contribution >= 0.6 is 15.9 Å². The van der Waals surface area contributed by atoms with Crippen LogP contribution in [0.5, 0.6) is 5.75 Å². The molecule has 0 aromatic heterocycles. The van der Waals surface area contributed by atoms with Gasteiger partial charge in [-0.25, -0.2) is 4.79 Å². The van der Waals surface area contributed by atoms with Crippen LogP contribution in [0, 0.1) is 0 Å². The molecule has 80 valence electrons. The molecule has 2 N–H and O–H groups in total. The van der Waals surface area contributed by atoms with Gasteiger partial charge in [-0.2, -0.15) is 0 Å². The van der Waals surface area contributed by atoms with Crippen LogP contribution in [0.3, 0.4) is 0 Å². The van der Waals surface area contributed by atoms with Gasteiger partial charge in [0.2, 0.25) is 0 Å². The molecule has 0 atom stereocenters. The molecule has 4 heteroatoms. The molecule has 0 amide bonds. The Kier molecular flexibility index (Phi) is 4.37. The van der Waals surface area contributed by atoms with E-state index in [1.54, 1.807) is 6.07 Å². The molecule has 1 rings (SSSR count). The predicted molar refractivity (Wildman–Crippen MR) is 62.5 cm³/mol. The van der Waals surface area contributed by atoms with Gasteiger partial charge in [-0.1, -0.05) is 34.1 Å². The molecule has 1 aromatic carbocycles. The molecule has 0 heterocycles. The summed E-state index contributed by atoms with van der Waals surface area (Å²) in [5.74, 6) is -1.33. The van der Waals surface area contributed by atoms with Crippen LogP contribution in [0.1, 0.15) is 22.3 Å². The van der Waals surface area contributed by atoms with Gasteiger partial charge in [-0.05, 0) is 24.1 Å². The number of carboxylic acids is 1. The Morgan fingerprint density at radius 1 is 1.47 bits per heavy atom. The first kappa shape index (κ1) is 11.8. The molecule has 0 saturated carbocycles. The number of carboxylic acid groups (broad SMARTS) is 1. The second kappa shape index (κ2) is 5.56. The molecule has 1 aromatic rings. The van der Waals surface area contributed by atoms with Gasteiger partial charge < -0.3 is 10.2 Å². The highest BCUT2D eigenvalue weighted by Crippen LogP contribution is 2.19. The Morgan fingerprint density at radius 3 is 2.80 bits per heavy atom. The quantitative estimate of drug-likeness (QED) is 0.828. The second-order valence-corrected chi connectivity index (χ2v) is 3.75. The van der Waals surface area contributed by atoms with Gasteiger partial charge in [0.25, 0.3) is 0 Å². The summed E-state index contributed by atoms with van der Waals surface area (Å²) in [6.45, 7) is 0. The topological polar surface area (TPSA) is 57.5 Å². The van der Waals surface area contributed by atoms with E-state index in [0.717, 1.165) is 17.3 Å². The number of halogens is 1. The lowest BCUT2D eigenvalue weighted by atomic mass is 10.1. The van der Waals surface area contributed by atoms with E-state index in [4.69, 9.17) is 5.11 Å². The largest absolute Gasteiger partial charge is 0.507 e. The Hall–Kier alpha value is -1.29. The number of allylic oxidation sites excluding steroid dienone is 1. The third kappa shape index (κ3) is 3.40. The maximum Gasteiger partial charge on any atom is 0.339 e. The van der Waals surface area contributed by atoms with Crippen LogP contribution in [0.15, 0.2) is 24.3 Å². The summed E-state index contributed by atoms with van der Waals surface area (Å²) in [5.41, 5.74) is 0.696. The number of aromatic carboxylic acids is 1. The maximum absolute atomic E-state index is 10.7. The minimum Gasteiger partial charge on any atom is -0.507 e. The van der Waals surface area contributed by atoms with Gasteiger partial charge in [0.15, 0.2) is 0 Å². The number of phenols is 1. The summed E-state index contributed by atoms with van der Waals surface area (Å²) in [7, 11) is 0. The van der Waals surface area contributed by atoms with Crippen molar-refractivity contribution < 1.29 is 15.0 Å². The van der Waals surface area contributed by atoms with Crippen LogP contribution in [-0.2, 0) is 0 Å². The summed E-state index contributed by atoms with van der Waals surface area (Å²) in [5, 5.41) is 18.9. The summed E-state index contributed by atoms with van der Waals surface area (Å²) in [6.07, 6.45) is 4.64. The van der Waals surface area contributed by atoms with E-state index in [9.17, 15) is 9.90 Å². The molecule has 0 radical (unpaired) electrons. The highest BCUT2D eigenvalue weighted by atomic mass is 79.9. The van der Waals surface area contributed by atoms with Gasteiger partial charge in [0.05, 0.1) is 0 Å². The van der Waals surface area contributed by atoms with E-state index in [1.165, 1.54) is 12.1 Å². The number of rotatable bonds is 4. The molecular formula is C11H11BrO3. The summed E-state index contributed by atoms with van der Waals surface area (Å²) in [6, 6.07) is 4.51. The van der Waals surface area contributed by atoms with Gasteiger partial charge in [0, 0.05) is 5.33 Å². The van der Waals surface area contributed by atoms with Crippen molar-refractivity contribution in [2.45, 2.75) is 6.42 Å². The van der Waals surface area contributed by atoms with Crippen molar-refractivity contribution in [1.82, 2.24) is 0 Å². The monoisotopic (exact) mass is 270 g/mol. The van der Waals surface area contributed by atoms with Crippen molar-refractivity contribution in [2.24, 2.45) is 0 Å². The second-order valence-electron chi connectivity index (χ2n) is 2.96. The Morgan fingerprint density at radius 2 is 2.20 bits per heavy atom. The van der Waals surface area contributed by atoms with Gasteiger partial charge >= 0.3 is 5.97 Å². The van der Waals surface area contributed by atoms with Crippen LogP contribution in [-0.4, -0.2) is 21.5 Å². The molecule has 3 nitrogen and oxygen atoms in total. The van der Waals surface area contributed by atoms with Crippen molar-refractivity contribution in [3.63, 3.8) is 0 Å². The van der Waals surface area contributed by atoms with Gasteiger partial charge in [-0.3, -0.25) is 0 Å². The van der Waals surface area contributed by atoms with Crippen LogP contribution < -0.4 is 0 Å². The van der Waals surface area contributed by atoms with E-state index in [0.29, 0.717) is 0 Å². The average Bonchev–Trinajstić information content (AvgIpc) is 2.20. The molecule has 0 aliphatic heterocycles. The van der Waals surface area contributed by atoms with E-state index >= 15 is 0 Å². The fourth-order valence-electron chi connectivity index (χ4n) is 1.11. The fraction of sp³-hybridized carbons (Fsp3) is 0.182. The number of alkyl halides is 1. The number of hydrogen-bond acceptors (Lipinski definition) is 2. The highest BCUT2D eigenvalue weighted by Gasteiger charge is 2.08. The molecule has 0 spiro atoms. The lowest BCUT2D eigenvalue weighted by Gasteiger charge is -2.00. The van der Waals surface area contributed by atoms with Crippen molar-refractivity contribution in [2.75, 3.05) is 5.33 Å². The molecule has 0 aliphatic rings. The van der Waals surface area contributed by atoms with Crippen LogP contribution in [0.25, 0.3) is 6.08 Å². The summed E-state index contributed by atoms with van der Waals surface area (Å²) < 4.78 is 0. The Balaban J connectivity index is 2.92. The van der Waals surface area contributed by atoms with E-state index in [1.807, 2.05) is 12.2 Å². The normalized spacial score (nSPS) is 10.7. The van der Waals surface area contributed by atoms with Crippen molar-refractivity contribution >= 4 is 28.0 Å². The minimum absolute atomic E-state index is 0.0732. The Bertz CT molecular complexity index is 385. The third-order valence-corrected chi connectivity index (χ3v) is 2.29. The van der Waals surface area contributed by atoms with Crippen LogP contribution in [0.2, 0.25) is 0 Å². The average molecular weight is 271 g/mol. The zero-order chi connectivity index (χ0) is 11.3. The summed E-state index contributed by atoms with van der Waals surface area (Å²) in [4.78, 5) is 10.7. The van der Waals surface area contributed by atoms with Crippen LogP contribution in [0.4, 0.5) is 0 Å². The van der Waals surface area contributed by atoms with Gasteiger partial charge in [0.1, 0.15) is 11.3 Å². The first-order chi connectivity index (χ1) is 7.15. The van der Waals surface area contributed by atoms with E-state index in [-0.39, 0.29) is 11.3 Å². The molecule has 0 unspecified atom stereocenters. The number of carbonyl (C=O) groups is 1. The zero-order valence-corrected chi connectivity index (χ0v) is 9.57. The highest BCUT2D eigenvalue weighted by molar-refractivity contribution is 9.09. The molecule has 0 saturated heterocycles. The van der Waals surface area contributed by atoms with Crippen molar-refractivity contribution in [3.05, 3.63) is 35.4 Å². The molecule has 0 bridgehead atoms. The Labute approximate surface area is 96.2 Å². The number of benzene rings is 1. The predicted octanol–water partition coefficient (Wildman–Crippen LogP) is 2.89. The molecule has 0 aliphatic carbocycles. The molecule has 15 heavy (non-hydrogen) atoms. The summed E-state index contributed by atoms with van der Waals surface area (Å²) >= 11 is 3.29. The smallest absolute Gasteiger partial charge is 0.339 e. The number of hydrogen-bond donors (Lipinski definition) is 2. The van der Waals surface area contributed by atoms with Gasteiger partial charge in [-0.15, -0.1) is 0 Å². The third-order valence-electron chi connectivity index (χ3n) is 1.84. The molecular weight excluding hydrogens is 260 g/mol. The molecule has 0 fully saturated rings.